The Labute approximate surface area is 200 Å². The number of fused-ring (bicyclic) bond motifs is 13. The number of rotatable bonds is 8. The highest BCUT2D eigenvalue weighted by molar-refractivity contribution is 5.92. The minimum Gasteiger partial charge on any atom is -0.490 e. The molecular formula is C25H36N3O6+. The van der Waals surface area contributed by atoms with Crippen molar-refractivity contribution in [3.63, 3.8) is 0 Å². The Bertz CT molecular complexity index is 840. The van der Waals surface area contributed by atoms with E-state index in [0.717, 1.165) is 24.9 Å². The van der Waals surface area contributed by atoms with Gasteiger partial charge in [0.05, 0.1) is 18.6 Å². The summed E-state index contributed by atoms with van der Waals surface area (Å²) in [6.45, 7) is 2.83. The first-order chi connectivity index (χ1) is 16.4. The van der Waals surface area contributed by atoms with E-state index in [0.29, 0.717) is 38.1 Å². The molecule has 2 aliphatic rings. The lowest BCUT2D eigenvalue weighted by molar-refractivity contribution is -0.368. The number of carbonyl (C=O) groups is 4. The fourth-order valence-electron chi connectivity index (χ4n) is 3.84. The fraction of sp³-hybridized carbons (Fsp3) is 0.520. The van der Waals surface area contributed by atoms with Gasteiger partial charge >= 0.3 is 0 Å². The minimum absolute atomic E-state index is 0.00617. The Balaban J connectivity index is 2.30. The van der Waals surface area contributed by atoms with Gasteiger partial charge in [0.25, 0.3) is 6.47 Å². The maximum atomic E-state index is 13.2. The minimum atomic E-state index is -0.737. The smallest absolute Gasteiger partial charge is 0.293 e. The van der Waals surface area contributed by atoms with E-state index in [-0.39, 0.29) is 30.6 Å². The van der Waals surface area contributed by atoms with Crippen LogP contribution in [0.3, 0.4) is 0 Å². The first-order valence-corrected chi connectivity index (χ1v) is 11.7. The van der Waals surface area contributed by atoms with Gasteiger partial charge in [-0.2, -0.15) is 0 Å². The van der Waals surface area contributed by atoms with Crippen molar-refractivity contribution in [3.05, 3.63) is 42.0 Å². The van der Waals surface area contributed by atoms with Crippen molar-refractivity contribution >= 4 is 24.1 Å². The quantitative estimate of drug-likeness (QED) is 0.288. The molecule has 0 radical (unpaired) electrons. The van der Waals surface area contributed by atoms with Crippen LogP contribution in [0.1, 0.15) is 44.6 Å². The molecule has 2 bridgehead atoms. The van der Waals surface area contributed by atoms with Crippen LogP contribution in [0.4, 0.5) is 0 Å². The van der Waals surface area contributed by atoms with Crippen LogP contribution < -0.4 is 21.1 Å². The molecule has 9 nitrogen and oxygen atoms in total. The summed E-state index contributed by atoms with van der Waals surface area (Å²) in [5.41, 5.74) is 4.72. The molecule has 0 fully saturated rings. The van der Waals surface area contributed by atoms with Gasteiger partial charge in [-0.15, -0.1) is 0 Å². The lowest BCUT2D eigenvalue weighted by atomic mass is 9.90. The number of quaternary nitrogens is 1. The van der Waals surface area contributed by atoms with Gasteiger partial charge in [0, 0.05) is 19.3 Å². The zero-order valence-corrected chi connectivity index (χ0v) is 19.8. The largest absolute Gasteiger partial charge is 0.490 e. The van der Waals surface area contributed by atoms with Crippen LogP contribution in [-0.4, -0.2) is 55.9 Å². The molecule has 1 aromatic rings. The zero-order chi connectivity index (χ0) is 24.8. The molecule has 34 heavy (non-hydrogen) atoms. The topological polar surface area (TPSA) is 138 Å². The van der Waals surface area contributed by atoms with E-state index in [1.807, 2.05) is 36.4 Å². The van der Waals surface area contributed by atoms with Gasteiger partial charge in [0.2, 0.25) is 11.8 Å². The van der Waals surface area contributed by atoms with Crippen molar-refractivity contribution in [1.29, 1.82) is 0 Å². The molecule has 0 saturated carbocycles. The average Bonchev–Trinajstić information content (AvgIpc) is 2.81. The lowest BCUT2D eigenvalue weighted by Crippen LogP contribution is -2.50. The molecular weight excluding hydrogens is 438 g/mol. The van der Waals surface area contributed by atoms with Crippen molar-refractivity contribution in [1.82, 2.24) is 10.6 Å². The van der Waals surface area contributed by atoms with E-state index in [1.165, 1.54) is 6.92 Å². The second kappa shape index (κ2) is 14.8. The molecule has 0 spiro atoms. The van der Waals surface area contributed by atoms with Gasteiger partial charge in [0.1, 0.15) is 19.0 Å². The molecule has 2 aliphatic heterocycles. The van der Waals surface area contributed by atoms with E-state index in [9.17, 15) is 19.2 Å². The number of hydrogen-bond donors (Lipinski definition) is 3. The molecule has 2 amide bonds. The van der Waals surface area contributed by atoms with E-state index in [4.69, 9.17) is 9.47 Å². The van der Waals surface area contributed by atoms with Crippen molar-refractivity contribution in [3.8, 4) is 5.75 Å². The summed E-state index contributed by atoms with van der Waals surface area (Å²) in [6, 6.07) is 6.21. The number of nitrogens with one attached hydrogen (secondary N) is 2. The first kappa shape index (κ1) is 27.0. The van der Waals surface area contributed by atoms with Crippen molar-refractivity contribution in [2.24, 2.45) is 5.92 Å². The van der Waals surface area contributed by atoms with Crippen LogP contribution >= 0.6 is 0 Å². The number of carbonyl (C=O) groups excluding carboxylic acids is 4. The third-order valence-corrected chi connectivity index (χ3v) is 5.65. The predicted octanol–water partition coefficient (Wildman–Crippen LogP) is 0.718. The van der Waals surface area contributed by atoms with Crippen LogP contribution in [-0.2, 0) is 30.3 Å². The molecule has 0 aromatic heterocycles. The Hall–Kier alpha value is -3.20. The Morgan fingerprint density at radius 3 is 2.65 bits per heavy atom. The number of ketones is 1. The van der Waals surface area contributed by atoms with E-state index in [2.05, 4.69) is 16.4 Å². The number of hydrogen-bond acceptors (Lipinski definition) is 6. The van der Waals surface area contributed by atoms with E-state index >= 15 is 0 Å². The number of amides is 2. The van der Waals surface area contributed by atoms with Gasteiger partial charge in [-0.25, -0.2) is 0 Å². The van der Waals surface area contributed by atoms with Crippen LogP contribution in [0, 0.1) is 5.92 Å². The van der Waals surface area contributed by atoms with Gasteiger partial charge in [-0.3, -0.25) is 19.2 Å². The fourth-order valence-corrected chi connectivity index (χ4v) is 3.84. The molecule has 3 rings (SSSR count). The molecule has 5 N–H and O–H groups in total. The number of Topliss-reactive ketones (excluding diaryl/α,β-unsaturated/α-hetero) is 1. The molecule has 0 aliphatic carbocycles. The van der Waals surface area contributed by atoms with Crippen molar-refractivity contribution in [2.75, 3.05) is 19.8 Å². The average molecular weight is 475 g/mol. The lowest BCUT2D eigenvalue weighted by Gasteiger charge is -2.23. The third-order valence-electron chi connectivity index (χ3n) is 5.65. The molecule has 186 valence electrons. The van der Waals surface area contributed by atoms with Crippen molar-refractivity contribution < 1.29 is 34.4 Å². The number of unbranched alkanes of at least 4 members (excludes halogenated alkanes) is 1. The van der Waals surface area contributed by atoms with Crippen molar-refractivity contribution in [2.45, 2.75) is 57.5 Å². The van der Waals surface area contributed by atoms with Gasteiger partial charge in [-0.05, 0) is 49.8 Å². The normalized spacial score (nSPS) is 22.7. The molecule has 9 heteroatoms. The van der Waals surface area contributed by atoms with E-state index in [1.54, 1.807) is 0 Å². The van der Waals surface area contributed by atoms with Crippen LogP contribution in [0.5, 0.6) is 5.75 Å². The highest BCUT2D eigenvalue weighted by Gasteiger charge is 2.28. The Kier molecular flexibility index (Phi) is 11.8. The number of benzene rings is 1. The molecule has 0 unspecified atom stereocenters. The Morgan fingerprint density at radius 2 is 1.97 bits per heavy atom. The van der Waals surface area contributed by atoms with Gasteiger partial charge < -0.3 is 25.8 Å². The summed E-state index contributed by atoms with van der Waals surface area (Å²) < 4.78 is 10.6. The zero-order valence-electron chi connectivity index (χ0n) is 19.8. The molecule has 0 saturated heterocycles. The molecule has 1 aromatic carbocycles. The molecule has 2 heterocycles. The maximum absolute atomic E-state index is 13.2. The summed E-state index contributed by atoms with van der Waals surface area (Å²) in [7, 11) is 0. The van der Waals surface area contributed by atoms with Crippen LogP contribution in [0.2, 0.25) is 0 Å². The second-order valence-electron chi connectivity index (χ2n) is 8.47. The summed E-state index contributed by atoms with van der Waals surface area (Å²) in [5, 5.41) is 5.66. The highest BCUT2D eigenvalue weighted by atomic mass is 16.5. The maximum Gasteiger partial charge on any atom is 0.293 e. The third kappa shape index (κ3) is 9.74. The predicted molar refractivity (Wildman–Crippen MR) is 126 cm³/mol. The summed E-state index contributed by atoms with van der Waals surface area (Å²) in [4.78, 5) is 48.9. The standard InChI is InChI=1S/C25H35N3O6/c1-18(30)27-23-14-19-8-10-22(11-9-19)34-13-5-3-7-21(16-33-17-29)28-25(32)20(15-24(23)31)6-2-4-12-26/h3,5,8-11,17,20-21,23H,2,4,6-7,12-16,26H2,1H3,(H,27,30)(H,28,32)/p+1/b5-3-/t20-,21+,23+/m1/s1. The first-order valence-electron chi connectivity index (χ1n) is 11.7. The highest BCUT2D eigenvalue weighted by Crippen LogP contribution is 2.19. The summed E-state index contributed by atoms with van der Waals surface area (Å²) >= 11 is 0. The second-order valence-corrected chi connectivity index (χ2v) is 8.47. The monoisotopic (exact) mass is 474 g/mol. The summed E-state index contributed by atoms with van der Waals surface area (Å²) in [6.07, 6.45) is 6.60. The summed E-state index contributed by atoms with van der Waals surface area (Å²) in [5.74, 6) is -0.648. The Morgan fingerprint density at radius 1 is 1.21 bits per heavy atom. The van der Waals surface area contributed by atoms with Gasteiger partial charge in [0.15, 0.2) is 5.78 Å². The van der Waals surface area contributed by atoms with E-state index < -0.39 is 18.0 Å². The van der Waals surface area contributed by atoms with Gasteiger partial charge in [-0.1, -0.05) is 24.3 Å². The SMILES string of the molecule is CC(=O)N[C@H]1Cc2ccc(cc2)OC/C=C\C[C@@H](COC=O)NC(=O)[C@H](CCCC[NH3+])CC1=O. The number of ether oxygens (including phenoxy) is 2. The van der Waals surface area contributed by atoms with Crippen LogP contribution in [0.15, 0.2) is 36.4 Å². The molecule has 3 atom stereocenters. The van der Waals surface area contributed by atoms with Crippen LogP contribution in [0.25, 0.3) is 0 Å².